The molecule has 0 spiro atoms. The minimum atomic E-state index is -0.553. The molecule has 126 valence electrons. The second-order valence-electron chi connectivity index (χ2n) is 5.19. The lowest BCUT2D eigenvalue weighted by Crippen LogP contribution is -2.43. The van der Waals surface area contributed by atoms with Gasteiger partial charge in [-0.15, -0.1) is 0 Å². The van der Waals surface area contributed by atoms with Crippen molar-refractivity contribution in [2.75, 3.05) is 37.4 Å². The van der Waals surface area contributed by atoms with Crippen molar-refractivity contribution in [3.05, 3.63) is 42.3 Å². The Labute approximate surface area is 138 Å². The highest BCUT2D eigenvalue weighted by Gasteiger charge is 2.17. The van der Waals surface area contributed by atoms with Crippen LogP contribution in [0, 0.1) is 5.82 Å². The number of anilines is 2. The highest BCUT2D eigenvalue weighted by Crippen LogP contribution is 2.25. The molecule has 3 rings (SSSR count). The number of ether oxygens (including phenoxy) is 2. The number of carbonyl (C=O) groups is 1. The molecule has 0 radical (unpaired) electrons. The standard InChI is InChI=1S/C16H17FN4O3/c17-13-9-11(1-2-14(13)18)24-12-3-4-19-15(10-12)20-16(22)21-5-7-23-8-6-21/h1-4,9-10H,5-8,18H2,(H,19,20,22). The molecule has 1 aromatic carbocycles. The van der Waals surface area contributed by atoms with Gasteiger partial charge in [-0.05, 0) is 18.2 Å². The van der Waals surface area contributed by atoms with Crippen LogP contribution >= 0.6 is 0 Å². The van der Waals surface area contributed by atoms with Crippen molar-refractivity contribution in [2.24, 2.45) is 0 Å². The first kappa shape index (κ1) is 16.0. The van der Waals surface area contributed by atoms with E-state index in [0.717, 1.165) is 0 Å². The Balaban J connectivity index is 1.67. The van der Waals surface area contributed by atoms with Gasteiger partial charge < -0.3 is 20.1 Å². The Morgan fingerprint density at radius 3 is 2.75 bits per heavy atom. The average Bonchev–Trinajstić information content (AvgIpc) is 2.59. The number of nitrogen functional groups attached to an aromatic ring is 1. The largest absolute Gasteiger partial charge is 0.457 e. The molecule has 1 aliphatic heterocycles. The second kappa shape index (κ2) is 7.14. The maximum atomic E-state index is 13.4. The van der Waals surface area contributed by atoms with Crippen molar-refractivity contribution in [2.45, 2.75) is 0 Å². The van der Waals surface area contributed by atoms with Gasteiger partial charge in [-0.25, -0.2) is 14.2 Å². The van der Waals surface area contributed by atoms with Crippen LogP contribution in [0.2, 0.25) is 0 Å². The predicted molar refractivity (Wildman–Crippen MR) is 86.5 cm³/mol. The molecule has 3 N–H and O–H groups in total. The maximum Gasteiger partial charge on any atom is 0.323 e. The van der Waals surface area contributed by atoms with Gasteiger partial charge in [-0.3, -0.25) is 5.32 Å². The van der Waals surface area contributed by atoms with Gasteiger partial charge in [0.25, 0.3) is 0 Å². The molecule has 0 unspecified atom stereocenters. The van der Waals surface area contributed by atoms with E-state index < -0.39 is 5.82 Å². The summed E-state index contributed by atoms with van der Waals surface area (Å²) in [4.78, 5) is 17.9. The molecule has 0 bridgehead atoms. The minimum absolute atomic E-state index is 0.0514. The van der Waals surface area contributed by atoms with Gasteiger partial charge in [-0.1, -0.05) is 0 Å². The van der Waals surface area contributed by atoms with Crippen LogP contribution in [0.5, 0.6) is 11.5 Å². The van der Waals surface area contributed by atoms with Crippen molar-refractivity contribution in [1.82, 2.24) is 9.88 Å². The lowest BCUT2D eigenvalue weighted by molar-refractivity contribution is 0.0564. The molecule has 0 saturated carbocycles. The molecule has 7 nitrogen and oxygen atoms in total. The van der Waals surface area contributed by atoms with Gasteiger partial charge in [0, 0.05) is 31.4 Å². The normalized spacial score (nSPS) is 14.3. The third-order valence-corrected chi connectivity index (χ3v) is 3.47. The molecule has 2 amide bonds. The predicted octanol–water partition coefficient (Wildman–Crippen LogP) is 2.46. The summed E-state index contributed by atoms with van der Waals surface area (Å²) < 4.78 is 24.2. The number of nitrogens with one attached hydrogen (secondary N) is 1. The van der Waals surface area contributed by atoms with Crippen molar-refractivity contribution in [1.29, 1.82) is 0 Å². The summed E-state index contributed by atoms with van der Waals surface area (Å²) in [6.07, 6.45) is 1.50. The van der Waals surface area contributed by atoms with Crippen LogP contribution in [-0.2, 0) is 4.74 Å². The molecular formula is C16H17FN4O3. The van der Waals surface area contributed by atoms with E-state index in [0.29, 0.717) is 43.6 Å². The van der Waals surface area contributed by atoms with Gasteiger partial charge in [-0.2, -0.15) is 0 Å². The second-order valence-corrected chi connectivity index (χ2v) is 5.19. The Hall–Kier alpha value is -2.87. The molecule has 0 aliphatic carbocycles. The number of nitrogens with zero attached hydrogens (tertiary/aromatic N) is 2. The van der Waals surface area contributed by atoms with Crippen molar-refractivity contribution in [3.63, 3.8) is 0 Å². The fraction of sp³-hybridized carbons (Fsp3) is 0.250. The van der Waals surface area contributed by atoms with Crippen LogP contribution in [0.4, 0.5) is 20.7 Å². The number of pyridine rings is 1. The number of hydrogen-bond acceptors (Lipinski definition) is 5. The highest BCUT2D eigenvalue weighted by atomic mass is 19.1. The molecule has 2 heterocycles. The molecule has 1 aromatic heterocycles. The first-order valence-electron chi connectivity index (χ1n) is 7.44. The zero-order valence-electron chi connectivity index (χ0n) is 12.9. The van der Waals surface area contributed by atoms with E-state index in [1.54, 1.807) is 23.1 Å². The number of amides is 2. The summed E-state index contributed by atoms with van der Waals surface area (Å²) in [5, 5.41) is 2.70. The van der Waals surface area contributed by atoms with E-state index in [9.17, 15) is 9.18 Å². The summed E-state index contributed by atoms with van der Waals surface area (Å²) >= 11 is 0. The molecule has 0 atom stereocenters. The summed E-state index contributed by atoms with van der Waals surface area (Å²) in [6.45, 7) is 2.11. The maximum absolute atomic E-state index is 13.4. The number of carbonyl (C=O) groups excluding carboxylic acids is 1. The van der Waals surface area contributed by atoms with Gasteiger partial charge in [0.05, 0.1) is 18.9 Å². The van der Waals surface area contributed by atoms with Crippen LogP contribution in [0.1, 0.15) is 0 Å². The third-order valence-electron chi connectivity index (χ3n) is 3.47. The van der Waals surface area contributed by atoms with Crippen LogP contribution in [0.25, 0.3) is 0 Å². The SMILES string of the molecule is Nc1ccc(Oc2ccnc(NC(=O)N3CCOCC3)c2)cc1F. The Kier molecular flexibility index (Phi) is 4.76. The molecular weight excluding hydrogens is 315 g/mol. The average molecular weight is 332 g/mol. The molecule has 1 fully saturated rings. The molecule has 1 saturated heterocycles. The van der Waals surface area contributed by atoms with Crippen LogP contribution < -0.4 is 15.8 Å². The number of nitrogens with two attached hydrogens (primary N) is 1. The van der Waals surface area contributed by atoms with Crippen LogP contribution in [0.3, 0.4) is 0 Å². The van der Waals surface area contributed by atoms with Gasteiger partial charge in [0.2, 0.25) is 0 Å². The molecule has 2 aromatic rings. The molecule has 8 heteroatoms. The molecule has 1 aliphatic rings. The summed E-state index contributed by atoms with van der Waals surface area (Å²) in [7, 11) is 0. The Morgan fingerprint density at radius 2 is 2.00 bits per heavy atom. The number of halogens is 1. The van der Waals surface area contributed by atoms with Gasteiger partial charge in [0.1, 0.15) is 23.1 Å². The smallest absolute Gasteiger partial charge is 0.323 e. The number of urea groups is 1. The van der Waals surface area contributed by atoms with Crippen molar-refractivity contribution in [3.8, 4) is 11.5 Å². The number of aromatic nitrogens is 1. The number of hydrogen-bond donors (Lipinski definition) is 2. The number of morpholine rings is 1. The number of rotatable bonds is 3. The van der Waals surface area contributed by atoms with E-state index >= 15 is 0 Å². The topological polar surface area (TPSA) is 89.7 Å². The lowest BCUT2D eigenvalue weighted by Gasteiger charge is -2.26. The van der Waals surface area contributed by atoms with Crippen LogP contribution in [0.15, 0.2) is 36.5 Å². The van der Waals surface area contributed by atoms with E-state index in [1.807, 2.05) is 0 Å². The monoisotopic (exact) mass is 332 g/mol. The summed E-state index contributed by atoms with van der Waals surface area (Å²) in [5.41, 5.74) is 5.48. The zero-order valence-corrected chi connectivity index (χ0v) is 12.9. The fourth-order valence-corrected chi connectivity index (χ4v) is 2.21. The van der Waals surface area contributed by atoms with Crippen LogP contribution in [-0.4, -0.2) is 42.2 Å². The summed E-state index contributed by atoms with van der Waals surface area (Å²) in [5.74, 6) is 0.520. The first-order valence-corrected chi connectivity index (χ1v) is 7.44. The number of benzene rings is 1. The van der Waals surface area contributed by atoms with E-state index in [1.165, 1.54) is 18.3 Å². The fourth-order valence-electron chi connectivity index (χ4n) is 2.21. The third kappa shape index (κ3) is 3.90. The van der Waals surface area contributed by atoms with Crippen molar-refractivity contribution >= 4 is 17.5 Å². The van der Waals surface area contributed by atoms with Crippen molar-refractivity contribution < 1.29 is 18.7 Å². The van der Waals surface area contributed by atoms with E-state index in [-0.39, 0.29) is 11.7 Å². The minimum Gasteiger partial charge on any atom is -0.457 e. The highest BCUT2D eigenvalue weighted by molar-refractivity contribution is 5.88. The van der Waals surface area contributed by atoms with Gasteiger partial charge in [0.15, 0.2) is 0 Å². The summed E-state index contributed by atoms with van der Waals surface area (Å²) in [6, 6.07) is 7.10. The van der Waals surface area contributed by atoms with Gasteiger partial charge >= 0.3 is 6.03 Å². The quantitative estimate of drug-likeness (QED) is 0.843. The first-order chi connectivity index (χ1) is 11.6. The zero-order chi connectivity index (χ0) is 16.9. The Bertz CT molecular complexity index is 735. The molecule has 24 heavy (non-hydrogen) atoms. The van der Waals surface area contributed by atoms with E-state index in [4.69, 9.17) is 15.2 Å². The van der Waals surface area contributed by atoms with E-state index in [2.05, 4.69) is 10.3 Å². The Morgan fingerprint density at radius 1 is 1.25 bits per heavy atom. The lowest BCUT2D eigenvalue weighted by atomic mass is 10.3.